The number of nitrogens with zero attached hydrogens (tertiary/aromatic N) is 3. The molecule has 0 spiro atoms. The summed E-state index contributed by atoms with van der Waals surface area (Å²) in [5.41, 5.74) is 0.753. The zero-order valence-electron chi connectivity index (χ0n) is 13.2. The summed E-state index contributed by atoms with van der Waals surface area (Å²) in [7, 11) is 1.65. The van der Waals surface area contributed by atoms with E-state index in [0.717, 1.165) is 10.7 Å². The van der Waals surface area contributed by atoms with Crippen molar-refractivity contribution in [3.63, 3.8) is 0 Å². The SMILES string of the molecule is CN(Cc1ccc(F)cc1F)Cn1nc(-c2ccc(F)cc2)oc1=O. The van der Waals surface area contributed by atoms with Gasteiger partial charge in [0.15, 0.2) is 0 Å². The van der Waals surface area contributed by atoms with E-state index < -0.39 is 23.2 Å². The maximum absolute atomic E-state index is 13.7. The highest BCUT2D eigenvalue weighted by Crippen LogP contribution is 2.16. The molecule has 130 valence electrons. The first kappa shape index (κ1) is 17.0. The van der Waals surface area contributed by atoms with Crippen LogP contribution < -0.4 is 5.76 Å². The van der Waals surface area contributed by atoms with E-state index in [1.165, 1.54) is 36.4 Å². The van der Waals surface area contributed by atoms with Gasteiger partial charge in [0.25, 0.3) is 0 Å². The molecule has 0 saturated heterocycles. The fourth-order valence-electron chi connectivity index (χ4n) is 2.32. The smallest absolute Gasteiger partial charge is 0.388 e. The number of hydrogen-bond donors (Lipinski definition) is 0. The minimum Gasteiger partial charge on any atom is -0.388 e. The predicted molar refractivity (Wildman–Crippen MR) is 84.0 cm³/mol. The summed E-state index contributed by atoms with van der Waals surface area (Å²) >= 11 is 0. The van der Waals surface area contributed by atoms with Crippen LogP contribution in [0, 0.1) is 17.5 Å². The molecule has 0 fully saturated rings. The molecule has 3 aromatic rings. The Morgan fingerprint density at radius 1 is 1.08 bits per heavy atom. The van der Waals surface area contributed by atoms with E-state index in [1.807, 2.05) is 0 Å². The zero-order valence-corrected chi connectivity index (χ0v) is 13.2. The molecule has 3 rings (SSSR count). The maximum atomic E-state index is 13.7. The Labute approximate surface area is 140 Å². The van der Waals surface area contributed by atoms with Crippen molar-refractivity contribution < 1.29 is 17.6 Å². The van der Waals surface area contributed by atoms with Gasteiger partial charge in [-0.3, -0.25) is 4.90 Å². The van der Waals surface area contributed by atoms with Crippen molar-refractivity contribution in [3.05, 3.63) is 76.0 Å². The molecule has 0 N–H and O–H groups in total. The molecule has 0 saturated carbocycles. The summed E-state index contributed by atoms with van der Waals surface area (Å²) in [4.78, 5) is 13.5. The van der Waals surface area contributed by atoms with Crippen LogP contribution >= 0.6 is 0 Å². The van der Waals surface area contributed by atoms with E-state index in [-0.39, 0.29) is 19.1 Å². The molecule has 1 heterocycles. The molecular weight excluding hydrogens is 335 g/mol. The molecule has 0 aliphatic carbocycles. The summed E-state index contributed by atoms with van der Waals surface area (Å²) in [6.45, 7) is 0.192. The number of hydrogen-bond acceptors (Lipinski definition) is 4. The zero-order chi connectivity index (χ0) is 18.0. The molecule has 0 atom stereocenters. The number of rotatable bonds is 5. The average molecular weight is 349 g/mol. The van der Waals surface area contributed by atoms with Crippen molar-refractivity contribution in [2.75, 3.05) is 7.05 Å². The highest BCUT2D eigenvalue weighted by Gasteiger charge is 2.13. The topological polar surface area (TPSA) is 51.3 Å². The second-order valence-corrected chi connectivity index (χ2v) is 5.57. The van der Waals surface area contributed by atoms with Crippen LogP contribution in [0.5, 0.6) is 0 Å². The third kappa shape index (κ3) is 3.97. The van der Waals surface area contributed by atoms with Gasteiger partial charge in [-0.1, -0.05) is 6.07 Å². The van der Waals surface area contributed by atoms with Crippen LogP contribution in [0.2, 0.25) is 0 Å². The lowest BCUT2D eigenvalue weighted by Gasteiger charge is -2.15. The molecule has 8 heteroatoms. The van der Waals surface area contributed by atoms with Crippen molar-refractivity contribution in [2.24, 2.45) is 0 Å². The Kier molecular flexibility index (Phi) is 4.71. The Bertz CT molecular complexity index is 935. The molecule has 25 heavy (non-hydrogen) atoms. The second kappa shape index (κ2) is 6.94. The molecule has 5 nitrogen and oxygen atoms in total. The first-order chi connectivity index (χ1) is 11.9. The fraction of sp³-hybridized carbons (Fsp3) is 0.176. The minimum absolute atomic E-state index is 0.0420. The van der Waals surface area contributed by atoms with E-state index >= 15 is 0 Å². The van der Waals surface area contributed by atoms with Crippen molar-refractivity contribution in [1.82, 2.24) is 14.7 Å². The first-order valence-electron chi connectivity index (χ1n) is 7.39. The van der Waals surface area contributed by atoms with Gasteiger partial charge < -0.3 is 4.42 Å². The summed E-state index contributed by atoms with van der Waals surface area (Å²) in [5.74, 6) is -2.35. The van der Waals surface area contributed by atoms with Crippen LogP contribution in [-0.2, 0) is 13.2 Å². The molecule has 1 aromatic heterocycles. The van der Waals surface area contributed by atoms with E-state index in [0.29, 0.717) is 11.1 Å². The van der Waals surface area contributed by atoms with E-state index in [2.05, 4.69) is 5.10 Å². The summed E-state index contributed by atoms with van der Waals surface area (Å²) in [5, 5.41) is 4.05. The van der Waals surface area contributed by atoms with E-state index in [4.69, 9.17) is 4.42 Å². The summed E-state index contributed by atoms with van der Waals surface area (Å²) in [6, 6.07) is 8.68. The van der Waals surface area contributed by atoms with Crippen LogP contribution in [0.25, 0.3) is 11.5 Å². The molecule has 0 unspecified atom stereocenters. The molecule has 0 radical (unpaired) electrons. The summed E-state index contributed by atoms with van der Waals surface area (Å²) in [6.07, 6.45) is 0. The third-order valence-electron chi connectivity index (χ3n) is 3.53. The van der Waals surface area contributed by atoms with Crippen LogP contribution in [-0.4, -0.2) is 21.7 Å². The average Bonchev–Trinajstić information content (AvgIpc) is 2.91. The van der Waals surface area contributed by atoms with Crippen LogP contribution in [0.15, 0.2) is 51.7 Å². The van der Waals surface area contributed by atoms with E-state index in [1.54, 1.807) is 11.9 Å². The van der Waals surface area contributed by atoms with Crippen LogP contribution in [0.4, 0.5) is 13.2 Å². The molecular formula is C17H14F3N3O2. The highest BCUT2D eigenvalue weighted by atomic mass is 19.1. The van der Waals surface area contributed by atoms with Crippen molar-refractivity contribution in [3.8, 4) is 11.5 Å². The second-order valence-electron chi connectivity index (χ2n) is 5.57. The predicted octanol–water partition coefficient (Wildman–Crippen LogP) is 3.01. The standard InChI is InChI=1S/C17H14F3N3O2/c1-22(9-12-4-7-14(19)8-15(12)20)10-23-17(24)25-16(21-23)11-2-5-13(18)6-3-11/h2-8H,9-10H2,1H3. The lowest BCUT2D eigenvalue weighted by Crippen LogP contribution is -2.28. The monoisotopic (exact) mass is 349 g/mol. The Morgan fingerprint density at radius 3 is 2.44 bits per heavy atom. The Morgan fingerprint density at radius 2 is 1.76 bits per heavy atom. The molecule has 0 aliphatic heterocycles. The maximum Gasteiger partial charge on any atom is 0.438 e. The van der Waals surface area contributed by atoms with Gasteiger partial charge >= 0.3 is 5.76 Å². The molecule has 0 aliphatic rings. The number of halogens is 3. The van der Waals surface area contributed by atoms with Crippen molar-refractivity contribution >= 4 is 0 Å². The van der Waals surface area contributed by atoms with Crippen molar-refractivity contribution in [1.29, 1.82) is 0 Å². The van der Waals surface area contributed by atoms with Crippen LogP contribution in [0.3, 0.4) is 0 Å². The van der Waals surface area contributed by atoms with Gasteiger partial charge in [0.1, 0.15) is 24.1 Å². The van der Waals surface area contributed by atoms with E-state index in [9.17, 15) is 18.0 Å². The van der Waals surface area contributed by atoms with Gasteiger partial charge in [-0.05, 0) is 37.4 Å². The van der Waals surface area contributed by atoms with Gasteiger partial charge in [0.05, 0.1) is 0 Å². The largest absolute Gasteiger partial charge is 0.438 e. The first-order valence-corrected chi connectivity index (χ1v) is 7.39. The third-order valence-corrected chi connectivity index (χ3v) is 3.53. The van der Waals surface area contributed by atoms with Gasteiger partial charge in [0.2, 0.25) is 5.89 Å². The quantitative estimate of drug-likeness (QED) is 0.711. The van der Waals surface area contributed by atoms with Gasteiger partial charge in [-0.15, -0.1) is 5.10 Å². The van der Waals surface area contributed by atoms with Gasteiger partial charge in [0, 0.05) is 23.7 Å². The van der Waals surface area contributed by atoms with Crippen LogP contribution in [0.1, 0.15) is 5.56 Å². The molecule has 2 aromatic carbocycles. The minimum atomic E-state index is -0.689. The number of benzene rings is 2. The lowest BCUT2D eigenvalue weighted by molar-refractivity contribution is 0.234. The fourth-order valence-corrected chi connectivity index (χ4v) is 2.32. The highest BCUT2D eigenvalue weighted by molar-refractivity contribution is 5.51. The Balaban J connectivity index is 1.74. The lowest BCUT2D eigenvalue weighted by atomic mass is 10.2. The van der Waals surface area contributed by atoms with Crippen molar-refractivity contribution in [2.45, 2.75) is 13.2 Å². The number of aromatic nitrogens is 2. The normalized spacial score (nSPS) is 11.2. The summed E-state index contributed by atoms with van der Waals surface area (Å²) < 4.78 is 45.7. The Hall–Kier alpha value is -2.87. The van der Waals surface area contributed by atoms with Gasteiger partial charge in [-0.2, -0.15) is 4.68 Å². The van der Waals surface area contributed by atoms with Gasteiger partial charge in [-0.25, -0.2) is 18.0 Å². The molecule has 0 amide bonds. The molecule has 0 bridgehead atoms.